The van der Waals surface area contributed by atoms with Crippen LogP contribution in [0.3, 0.4) is 0 Å². The lowest BCUT2D eigenvalue weighted by Crippen LogP contribution is -2.68. The van der Waals surface area contributed by atoms with Gasteiger partial charge >= 0.3 is 0 Å². The molecule has 5 heterocycles. The molecule has 2 aliphatic carbocycles. The van der Waals surface area contributed by atoms with Gasteiger partial charge in [-0.2, -0.15) is 0 Å². The van der Waals surface area contributed by atoms with Gasteiger partial charge in [-0.1, -0.05) is 60.7 Å². The van der Waals surface area contributed by atoms with E-state index in [0.717, 1.165) is 28.8 Å². The van der Waals surface area contributed by atoms with Gasteiger partial charge in [-0.05, 0) is 68.4 Å². The second kappa shape index (κ2) is 30.6. The number of nitrogens with zero attached hydrogens (tertiary/aromatic N) is 3. The highest BCUT2D eigenvalue weighted by Crippen LogP contribution is 2.36. The van der Waals surface area contributed by atoms with Crippen molar-refractivity contribution in [2.24, 2.45) is 34.6 Å². The number of amides is 2. The van der Waals surface area contributed by atoms with E-state index in [1.807, 2.05) is 93.7 Å². The number of piperazine rings is 1. The van der Waals surface area contributed by atoms with E-state index in [0.29, 0.717) is 32.5 Å². The fourth-order valence-electron chi connectivity index (χ4n) is 12.3. The van der Waals surface area contributed by atoms with Crippen LogP contribution in [0.25, 0.3) is 0 Å². The molecule has 28 nitrogen and oxygen atoms in total. The van der Waals surface area contributed by atoms with E-state index in [4.69, 9.17) is 57.1 Å². The Morgan fingerprint density at radius 1 is 0.713 bits per heavy atom. The number of fused-ring (bicyclic) bond motifs is 1. The number of hydrogen-bond acceptors (Lipinski definition) is 26. The van der Waals surface area contributed by atoms with Gasteiger partial charge in [0.1, 0.15) is 73.2 Å². The Hall–Kier alpha value is -4.39. The summed E-state index contributed by atoms with van der Waals surface area (Å²) in [6.07, 6.45) is -17.2. The van der Waals surface area contributed by atoms with E-state index in [1.54, 1.807) is 6.20 Å². The van der Waals surface area contributed by atoms with Gasteiger partial charge in [0.2, 0.25) is 11.8 Å². The number of nitrogens with one attached hydrogen (secondary N) is 2. The molecule has 22 N–H and O–H groups in total. The van der Waals surface area contributed by atoms with E-state index in [2.05, 4.69) is 25.4 Å². The molecule has 4 saturated heterocycles. The molecule has 1 aromatic heterocycles. The second-order valence-electron chi connectivity index (χ2n) is 24.8. The van der Waals surface area contributed by atoms with Crippen LogP contribution in [0.15, 0.2) is 79.1 Å². The standard InChI is InChI=1S/C36H47N5O4.C23H45N5O14/c1-36(2,3)39-35(45)31-24-40(22-26-12-9-15-37-21-26)16-17-41(31)23-29(42)19-28(18-25-10-5-4-6-11-25)34(44)38-33-30-14-8-7-13-27(30)20-32(33)43;24-2-7-13(32)15(34)10(27)21(37-7)41-19-9(4-30)39-23(17(19)36)42-20-12(31)5(25)1-6(26)18(20)40-22-11(28)16(35)14(33)8(3-29)38-22/h4-15,21,28-29,31-33,42-43H,16-20,22-24H2,1-3H3,(H,38,44)(H,39,45);5-23,29-36H,1-4,24-28H2/t28-,29+,31+,32-,33+;5-,6+,7+,8-,9-,10-,11-,12+,13-,14-,15-,16-,17-,18-,19-,20-,21-,22-,23+/m11/s1. The van der Waals surface area contributed by atoms with Crippen molar-refractivity contribution < 1.29 is 89.1 Å². The number of aliphatic hydroxyl groups excluding tert-OH is 10. The van der Waals surface area contributed by atoms with Crippen molar-refractivity contribution in [3.05, 3.63) is 101 Å². The summed E-state index contributed by atoms with van der Waals surface area (Å²) in [6.45, 7) is 7.26. The third kappa shape index (κ3) is 17.0. The average molecular weight is 1230 g/mol. The lowest BCUT2D eigenvalue weighted by Gasteiger charge is -2.47. The molecule has 3 aromatic rings. The number of pyridine rings is 1. The van der Waals surface area contributed by atoms with Gasteiger partial charge in [0.15, 0.2) is 18.9 Å². The maximum Gasteiger partial charge on any atom is 0.239 e. The molecule has 486 valence electrons. The Kier molecular flexibility index (Phi) is 24.1. The van der Waals surface area contributed by atoms with E-state index in [-0.39, 0.29) is 37.7 Å². The number of aliphatic hydroxyl groups is 10. The number of rotatable bonds is 20. The van der Waals surface area contributed by atoms with Crippen LogP contribution in [0, 0.1) is 5.92 Å². The van der Waals surface area contributed by atoms with Crippen molar-refractivity contribution in [1.29, 1.82) is 0 Å². The van der Waals surface area contributed by atoms with Crippen LogP contribution in [-0.2, 0) is 57.4 Å². The van der Waals surface area contributed by atoms with Crippen molar-refractivity contribution in [3.63, 3.8) is 0 Å². The number of benzene rings is 2. The Labute approximate surface area is 505 Å². The van der Waals surface area contributed by atoms with Crippen molar-refractivity contribution in [3.8, 4) is 0 Å². The first-order valence-electron chi connectivity index (χ1n) is 29.8. The largest absolute Gasteiger partial charge is 0.394 e. The van der Waals surface area contributed by atoms with Crippen molar-refractivity contribution >= 4 is 11.8 Å². The maximum absolute atomic E-state index is 13.8. The first-order valence-corrected chi connectivity index (χ1v) is 29.8. The Balaban J connectivity index is 0.000000226. The summed E-state index contributed by atoms with van der Waals surface area (Å²) in [5, 5.41) is 111. The van der Waals surface area contributed by atoms with Crippen molar-refractivity contribution in [2.75, 3.05) is 45.9 Å². The quantitative estimate of drug-likeness (QED) is 0.0501. The summed E-state index contributed by atoms with van der Waals surface area (Å²) < 4.78 is 34.4. The Bertz CT molecular complexity index is 2620. The lowest BCUT2D eigenvalue weighted by atomic mass is 9.84. The third-order valence-electron chi connectivity index (χ3n) is 17.0. The van der Waals surface area contributed by atoms with Gasteiger partial charge in [0, 0.05) is 81.6 Å². The fourth-order valence-corrected chi connectivity index (χ4v) is 12.3. The minimum atomic E-state index is -1.62. The average Bonchev–Trinajstić information content (AvgIpc) is 2.03. The number of nitrogens with two attached hydrogens (primary N) is 5. The minimum absolute atomic E-state index is 0.0642. The van der Waals surface area contributed by atoms with Crippen LogP contribution in [0.2, 0.25) is 0 Å². The first kappa shape index (κ1) is 68.5. The number of hydrogen-bond donors (Lipinski definition) is 17. The highest BCUT2D eigenvalue weighted by Gasteiger charge is 2.55. The van der Waals surface area contributed by atoms with Gasteiger partial charge in [-0.15, -0.1) is 0 Å². The molecule has 24 atom stereocenters. The fraction of sp³-hybridized carbons (Fsp3) is 0.678. The maximum atomic E-state index is 13.8. The monoisotopic (exact) mass is 1230 g/mol. The predicted molar refractivity (Wildman–Crippen MR) is 310 cm³/mol. The third-order valence-corrected chi connectivity index (χ3v) is 17.0. The summed E-state index contributed by atoms with van der Waals surface area (Å²) >= 11 is 0. The Morgan fingerprint density at radius 3 is 1.97 bits per heavy atom. The number of β-amino-alcohol motifs (C(OH)–C–C–N with tert-alkyl or cyclic N) is 1. The summed E-state index contributed by atoms with van der Waals surface area (Å²) in [6, 6.07) is 16.3. The molecule has 9 rings (SSSR count). The van der Waals surface area contributed by atoms with E-state index >= 15 is 0 Å². The summed E-state index contributed by atoms with van der Waals surface area (Å²) in [4.78, 5) is 35.9. The molecule has 2 aromatic carbocycles. The van der Waals surface area contributed by atoms with Gasteiger partial charge < -0.3 is 119 Å². The molecular formula is C59H92N10O18. The lowest BCUT2D eigenvalue weighted by molar-refractivity contribution is -0.310. The summed E-state index contributed by atoms with van der Waals surface area (Å²) in [5.74, 6) is -0.781. The second-order valence-corrected chi connectivity index (χ2v) is 24.8. The number of ether oxygens (including phenoxy) is 6. The van der Waals surface area contributed by atoms with Crippen LogP contribution in [0.4, 0.5) is 0 Å². The molecule has 87 heavy (non-hydrogen) atoms. The first-order chi connectivity index (χ1) is 41.4. The molecule has 6 aliphatic rings. The zero-order valence-corrected chi connectivity index (χ0v) is 49.3. The van der Waals surface area contributed by atoms with Crippen molar-refractivity contribution in [2.45, 2.75) is 199 Å². The zero-order chi connectivity index (χ0) is 63.0. The zero-order valence-electron chi connectivity index (χ0n) is 49.3. The SMILES string of the molecule is CC(C)(C)NC(=O)[C@@H]1CN(Cc2cccnc2)CCN1C[C@@H](O)C[C@@H](Cc1ccccc1)C(=O)N[C@H]1c2ccccc2C[C@H]1O.NC[C@@H]1O[C@H](O[C@H]2[C@@H](O)[C@H](O[C@@H]3[C@@H](O)[C@H](N)C[C@H](N)[C@H]3O[C@H]3O[C@H](CO)[C@@H](O)[C@H](O)[C@H]3N)O[C@@H]2CO)[C@H](N)[C@@H](O)[C@@H]1O. The molecule has 5 fully saturated rings. The van der Waals surface area contributed by atoms with Crippen LogP contribution in [0.5, 0.6) is 0 Å². The number of carbonyl (C=O) groups excluding carboxylic acids is 2. The van der Waals surface area contributed by atoms with E-state index in [9.17, 15) is 60.7 Å². The molecule has 0 bridgehead atoms. The molecule has 1 saturated carbocycles. The van der Waals surface area contributed by atoms with Gasteiger partial charge in [-0.3, -0.25) is 24.4 Å². The molecule has 0 spiro atoms. The van der Waals surface area contributed by atoms with Gasteiger partial charge in [0.25, 0.3) is 0 Å². The summed E-state index contributed by atoms with van der Waals surface area (Å²) in [5.41, 5.74) is 33.6. The summed E-state index contributed by atoms with van der Waals surface area (Å²) in [7, 11) is 0. The number of carbonyl (C=O) groups is 2. The van der Waals surface area contributed by atoms with Gasteiger partial charge in [-0.25, -0.2) is 0 Å². The highest BCUT2D eigenvalue weighted by molar-refractivity contribution is 5.83. The molecule has 0 radical (unpaired) electrons. The predicted octanol–water partition coefficient (Wildman–Crippen LogP) is -5.99. The Morgan fingerprint density at radius 2 is 1.32 bits per heavy atom. The van der Waals surface area contributed by atoms with Gasteiger partial charge in [0.05, 0.1) is 49.7 Å². The van der Waals surface area contributed by atoms with E-state index < -0.39 is 165 Å². The molecule has 28 heteroatoms. The topological polar surface area (TPSA) is 465 Å². The van der Waals surface area contributed by atoms with Crippen LogP contribution >= 0.6 is 0 Å². The van der Waals surface area contributed by atoms with Crippen LogP contribution in [0.1, 0.15) is 61.9 Å². The smallest absolute Gasteiger partial charge is 0.239 e. The van der Waals surface area contributed by atoms with Crippen LogP contribution < -0.4 is 39.3 Å². The molecule has 4 aliphatic heterocycles. The molecule has 0 unspecified atom stereocenters. The molecule has 2 amide bonds. The highest BCUT2D eigenvalue weighted by atomic mass is 16.8. The van der Waals surface area contributed by atoms with E-state index in [1.165, 1.54) is 0 Å². The minimum Gasteiger partial charge on any atom is -0.394 e. The normalized spacial score (nSPS) is 37.3. The molecular weight excluding hydrogens is 1140 g/mol. The number of aromatic nitrogens is 1. The van der Waals surface area contributed by atoms with Crippen LogP contribution in [-0.4, -0.2) is 264 Å². The van der Waals surface area contributed by atoms with Crippen molar-refractivity contribution in [1.82, 2.24) is 25.4 Å².